The van der Waals surface area contributed by atoms with Crippen molar-refractivity contribution < 1.29 is 23.1 Å². The van der Waals surface area contributed by atoms with E-state index in [1.54, 1.807) is 12.1 Å². The number of carboxylic acids is 1. The molecule has 0 saturated carbocycles. The molecule has 2 aromatic rings. The van der Waals surface area contributed by atoms with Crippen LogP contribution in [0.2, 0.25) is 0 Å². The van der Waals surface area contributed by atoms with Crippen molar-refractivity contribution in [2.75, 3.05) is 23.3 Å². The Morgan fingerprint density at radius 1 is 0.972 bits per heavy atom. The van der Waals surface area contributed by atoms with Gasteiger partial charge in [-0.2, -0.15) is 13.2 Å². The Morgan fingerprint density at radius 2 is 1.56 bits per heavy atom. The molecule has 0 bridgehead atoms. The second kappa shape index (κ2) is 11.5. The van der Waals surface area contributed by atoms with Gasteiger partial charge in [-0.1, -0.05) is 32.6 Å². The molecule has 4 rings (SSSR count). The third kappa shape index (κ3) is 5.98. The SMILES string of the molecule is C=C(Nc1cc(N2CCCC2)ccc1C(F)(F)F)C1=C(C(=N)c2ccc(C(=O)O)cc2)CCC1.CC. The number of carbonyl (C=O) groups is 1. The maximum Gasteiger partial charge on any atom is 0.418 e. The average molecular weight is 500 g/mol. The maximum atomic E-state index is 13.7. The molecule has 0 spiro atoms. The summed E-state index contributed by atoms with van der Waals surface area (Å²) in [5, 5.41) is 20.6. The van der Waals surface area contributed by atoms with E-state index in [9.17, 15) is 18.0 Å². The van der Waals surface area contributed by atoms with Gasteiger partial charge in [0, 0.05) is 24.5 Å². The predicted molar refractivity (Wildman–Crippen MR) is 138 cm³/mol. The van der Waals surface area contributed by atoms with E-state index >= 15 is 0 Å². The number of nitrogens with one attached hydrogen (secondary N) is 2. The molecule has 1 aliphatic carbocycles. The second-order valence-corrected chi connectivity index (χ2v) is 8.59. The number of alkyl halides is 3. The molecule has 5 nitrogen and oxygen atoms in total. The minimum absolute atomic E-state index is 0.0435. The topological polar surface area (TPSA) is 76.4 Å². The zero-order valence-electron chi connectivity index (χ0n) is 20.6. The number of nitrogens with zero attached hydrogens (tertiary/aromatic N) is 1. The molecule has 0 aromatic heterocycles. The van der Waals surface area contributed by atoms with Crippen LogP contribution in [0.3, 0.4) is 0 Å². The first-order valence-electron chi connectivity index (χ1n) is 12.2. The number of benzene rings is 2. The van der Waals surface area contributed by atoms with Crippen molar-refractivity contribution >= 4 is 23.1 Å². The monoisotopic (exact) mass is 499 g/mol. The van der Waals surface area contributed by atoms with E-state index in [0.717, 1.165) is 49.7 Å². The molecule has 1 fully saturated rings. The van der Waals surface area contributed by atoms with Gasteiger partial charge in [0.1, 0.15) is 0 Å². The number of rotatable bonds is 7. The summed E-state index contributed by atoms with van der Waals surface area (Å²) in [5.74, 6) is -1.05. The maximum absolute atomic E-state index is 13.7. The zero-order chi connectivity index (χ0) is 26.5. The molecule has 8 heteroatoms. The van der Waals surface area contributed by atoms with Gasteiger partial charge in [-0.15, -0.1) is 0 Å². The normalized spacial score (nSPS) is 15.4. The van der Waals surface area contributed by atoms with Crippen molar-refractivity contribution in [3.63, 3.8) is 0 Å². The van der Waals surface area contributed by atoms with Crippen LogP contribution in [0.4, 0.5) is 24.5 Å². The highest BCUT2D eigenvalue weighted by molar-refractivity contribution is 6.12. The van der Waals surface area contributed by atoms with Gasteiger partial charge in [-0.05, 0) is 79.1 Å². The molecule has 0 atom stereocenters. The van der Waals surface area contributed by atoms with E-state index < -0.39 is 17.7 Å². The largest absolute Gasteiger partial charge is 0.478 e. The van der Waals surface area contributed by atoms with Crippen molar-refractivity contribution in [2.24, 2.45) is 0 Å². The van der Waals surface area contributed by atoms with Gasteiger partial charge >= 0.3 is 12.1 Å². The molecule has 0 unspecified atom stereocenters. The molecule has 3 N–H and O–H groups in total. The third-order valence-corrected chi connectivity index (χ3v) is 6.37. The number of anilines is 2. The minimum Gasteiger partial charge on any atom is -0.478 e. The smallest absolute Gasteiger partial charge is 0.418 e. The molecule has 2 aliphatic rings. The number of aromatic carboxylic acids is 1. The summed E-state index contributed by atoms with van der Waals surface area (Å²) in [7, 11) is 0. The molecule has 0 amide bonds. The number of hydrogen-bond acceptors (Lipinski definition) is 4. The van der Waals surface area contributed by atoms with Crippen molar-refractivity contribution in [1.29, 1.82) is 5.41 Å². The lowest BCUT2D eigenvalue weighted by atomic mass is 9.97. The van der Waals surface area contributed by atoms with Crippen LogP contribution in [0.25, 0.3) is 0 Å². The van der Waals surface area contributed by atoms with Gasteiger partial charge in [0.25, 0.3) is 0 Å². The minimum atomic E-state index is -4.52. The highest BCUT2D eigenvalue weighted by Crippen LogP contribution is 2.40. The Kier molecular flexibility index (Phi) is 8.61. The summed E-state index contributed by atoms with van der Waals surface area (Å²) < 4.78 is 41.2. The first-order chi connectivity index (χ1) is 17.1. The van der Waals surface area contributed by atoms with Gasteiger partial charge in [-0.3, -0.25) is 5.41 Å². The fourth-order valence-corrected chi connectivity index (χ4v) is 4.60. The zero-order valence-corrected chi connectivity index (χ0v) is 20.6. The van der Waals surface area contributed by atoms with Crippen LogP contribution in [0.15, 0.2) is 65.9 Å². The van der Waals surface area contributed by atoms with Crippen LogP contribution < -0.4 is 10.2 Å². The van der Waals surface area contributed by atoms with Crippen LogP contribution in [0, 0.1) is 5.41 Å². The molecule has 36 heavy (non-hydrogen) atoms. The van der Waals surface area contributed by atoms with Gasteiger partial charge in [-0.25, -0.2) is 4.79 Å². The molecule has 1 aliphatic heterocycles. The summed E-state index contributed by atoms with van der Waals surface area (Å²) in [6.07, 6.45) is -0.511. The Labute approximate surface area is 209 Å². The van der Waals surface area contributed by atoms with Crippen LogP contribution in [-0.4, -0.2) is 29.9 Å². The Bertz CT molecular complexity index is 1160. The summed E-state index contributed by atoms with van der Waals surface area (Å²) in [6, 6.07) is 10.2. The lowest BCUT2D eigenvalue weighted by Gasteiger charge is -2.23. The highest BCUT2D eigenvalue weighted by atomic mass is 19.4. The first kappa shape index (κ1) is 27.0. The fourth-order valence-electron chi connectivity index (χ4n) is 4.60. The molecular weight excluding hydrogens is 467 g/mol. The van der Waals surface area contributed by atoms with Crippen LogP contribution in [0.5, 0.6) is 0 Å². The number of carboxylic acid groups (broad SMARTS) is 1. The Balaban J connectivity index is 0.00000176. The number of halogens is 3. The van der Waals surface area contributed by atoms with E-state index in [1.807, 2.05) is 13.8 Å². The van der Waals surface area contributed by atoms with E-state index in [-0.39, 0.29) is 17.0 Å². The van der Waals surface area contributed by atoms with Crippen molar-refractivity contribution in [1.82, 2.24) is 0 Å². The summed E-state index contributed by atoms with van der Waals surface area (Å²) >= 11 is 0. The van der Waals surface area contributed by atoms with Crippen LogP contribution in [-0.2, 0) is 6.18 Å². The summed E-state index contributed by atoms with van der Waals surface area (Å²) in [4.78, 5) is 13.2. The van der Waals surface area contributed by atoms with Crippen LogP contribution in [0.1, 0.15) is 67.4 Å². The van der Waals surface area contributed by atoms with Crippen LogP contribution >= 0.6 is 0 Å². The van der Waals surface area contributed by atoms with Crippen molar-refractivity contribution in [2.45, 2.75) is 52.1 Å². The van der Waals surface area contributed by atoms with E-state index in [4.69, 9.17) is 10.5 Å². The first-order valence-corrected chi connectivity index (χ1v) is 12.2. The van der Waals surface area contributed by atoms with Crippen molar-refractivity contribution in [3.05, 3.63) is 82.6 Å². The molecule has 1 saturated heterocycles. The number of allylic oxidation sites excluding steroid dienone is 2. The van der Waals surface area contributed by atoms with E-state index in [0.29, 0.717) is 29.7 Å². The molecule has 0 radical (unpaired) electrons. The van der Waals surface area contributed by atoms with Gasteiger partial charge in [0.15, 0.2) is 0 Å². The molecule has 1 heterocycles. The van der Waals surface area contributed by atoms with Gasteiger partial charge in [0.2, 0.25) is 0 Å². The fraction of sp³-hybridized carbons (Fsp3) is 0.357. The highest BCUT2D eigenvalue weighted by Gasteiger charge is 2.34. The third-order valence-electron chi connectivity index (χ3n) is 6.37. The lowest BCUT2D eigenvalue weighted by Crippen LogP contribution is -2.19. The predicted octanol–water partition coefficient (Wildman–Crippen LogP) is 7.50. The second-order valence-electron chi connectivity index (χ2n) is 8.59. The summed E-state index contributed by atoms with van der Waals surface area (Å²) in [5.41, 5.74) is 2.65. The molecule has 192 valence electrons. The Hall–Kier alpha value is -3.55. The Morgan fingerprint density at radius 3 is 2.14 bits per heavy atom. The van der Waals surface area contributed by atoms with Gasteiger partial charge < -0.3 is 15.3 Å². The van der Waals surface area contributed by atoms with Crippen molar-refractivity contribution in [3.8, 4) is 0 Å². The number of hydrogen-bond donors (Lipinski definition) is 3. The molecule has 2 aromatic carbocycles. The standard InChI is InChI=1S/C26H26F3N3O2.C2H6/c1-16(20-5-4-6-21(20)24(30)17-7-9-18(10-8-17)25(33)34)31-23-15-19(32-13-2-3-14-32)11-12-22(23)26(27,28)29;1-2/h7-12,15,30-31H,1-6,13-14H2,(H,33,34);1-2H3. The van der Waals surface area contributed by atoms with Gasteiger partial charge in [0.05, 0.1) is 22.5 Å². The lowest BCUT2D eigenvalue weighted by molar-refractivity contribution is -0.136. The van der Waals surface area contributed by atoms with E-state index in [2.05, 4.69) is 16.8 Å². The molecular formula is C28H32F3N3O2. The average Bonchev–Trinajstić information content (AvgIpc) is 3.57. The quantitative estimate of drug-likeness (QED) is 0.345. The summed E-state index contributed by atoms with van der Waals surface area (Å²) in [6.45, 7) is 9.66. The van der Waals surface area contributed by atoms with E-state index in [1.165, 1.54) is 24.3 Å².